The molecule has 0 atom stereocenters. The van der Waals surface area contributed by atoms with Crippen molar-refractivity contribution in [2.75, 3.05) is 0 Å². The Morgan fingerprint density at radius 1 is 0.288 bits per heavy atom. The lowest BCUT2D eigenvalue weighted by molar-refractivity contribution is 1.11. The molecular formula is C54H27N3S2. The van der Waals surface area contributed by atoms with Crippen molar-refractivity contribution in [2.24, 2.45) is 0 Å². The van der Waals surface area contributed by atoms with Crippen molar-refractivity contribution < 1.29 is 0 Å². The summed E-state index contributed by atoms with van der Waals surface area (Å²) >= 11 is 3.80. The zero-order valence-electron chi connectivity index (χ0n) is 31.2. The van der Waals surface area contributed by atoms with Gasteiger partial charge in [-0.25, -0.2) is 0 Å². The lowest BCUT2D eigenvalue weighted by Gasteiger charge is -2.26. The van der Waals surface area contributed by atoms with Crippen LogP contribution in [-0.2, 0) is 0 Å². The van der Waals surface area contributed by atoms with E-state index < -0.39 is 0 Å². The van der Waals surface area contributed by atoms with Gasteiger partial charge < -0.3 is 13.4 Å². The molecule has 0 unspecified atom stereocenters. The summed E-state index contributed by atoms with van der Waals surface area (Å²) in [7, 11) is 0. The fraction of sp³-hybridized carbons (Fsp3) is 0. The molecule has 2 aliphatic heterocycles. The molecule has 0 bridgehead atoms. The van der Waals surface area contributed by atoms with Gasteiger partial charge in [-0.15, -0.1) is 22.7 Å². The molecule has 59 heavy (non-hydrogen) atoms. The summed E-state index contributed by atoms with van der Waals surface area (Å²) in [6.07, 6.45) is 0. The average Bonchev–Trinajstić information content (AvgIpc) is 4.02. The van der Waals surface area contributed by atoms with E-state index in [1.165, 1.54) is 144 Å². The van der Waals surface area contributed by atoms with Crippen LogP contribution in [0.5, 0.6) is 0 Å². The van der Waals surface area contributed by atoms with Crippen molar-refractivity contribution in [2.45, 2.75) is 0 Å². The summed E-state index contributed by atoms with van der Waals surface area (Å²) in [6.45, 7) is 0. The molecule has 0 spiro atoms. The zero-order valence-corrected chi connectivity index (χ0v) is 32.9. The molecule has 0 radical (unpaired) electrons. The number of fused-ring (bicyclic) bond motifs is 22. The summed E-state index contributed by atoms with van der Waals surface area (Å²) in [5, 5.41) is 18.2. The monoisotopic (exact) mass is 781 g/mol. The number of thiophene rings is 2. The Morgan fingerprint density at radius 2 is 0.729 bits per heavy atom. The van der Waals surface area contributed by atoms with Gasteiger partial charge in [-0.1, -0.05) is 109 Å². The molecule has 10 aromatic carbocycles. The van der Waals surface area contributed by atoms with E-state index in [1.54, 1.807) is 0 Å². The number of nitrogens with zero attached hydrogens (tertiary/aromatic N) is 3. The number of hydrogen-bond donors (Lipinski definition) is 0. The Hall–Kier alpha value is -7.18. The topological polar surface area (TPSA) is 13.8 Å². The van der Waals surface area contributed by atoms with Crippen LogP contribution < -0.4 is 0 Å². The Bertz CT molecular complexity index is 4550. The van der Waals surface area contributed by atoms with Crippen LogP contribution in [0.1, 0.15) is 0 Å². The molecule has 0 saturated carbocycles. The van der Waals surface area contributed by atoms with Crippen LogP contribution in [0.25, 0.3) is 144 Å². The molecule has 6 heterocycles. The summed E-state index contributed by atoms with van der Waals surface area (Å²) in [6, 6.07) is 62.3. The van der Waals surface area contributed by atoms with Gasteiger partial charge in [-0.2, -0.15) is 0 Å². The predicted molar refractivity (Wildman–Crippen MR) is 256 cm³/mol. The second-order valence-corrected chi connectivity index (χ2v) is 18.6. The maximum atomic E-state index is 2.65. The maximum absolute atomic E-state index is 2.65. The lowest BCUT2D eigenvalue weighted by atomic mass is 9.99. The van der Waals surface area contributed by atoms with Crippen LogP contribution in [0.3, 0.4) is 0 Å². The van der Waals surface area contributed by atoms with Crippen LogP contribution in [-0.4, -0.2) is 13.4 Å². The summed E-state index contributed by atoms with van der Waals surface area (Å²) in [4.78, 5) is 0. The van der Waals surface area contributed by atoms with Crippen LogP contribution in [0.2, 0.25) is 0 Å². The first-order chi connectivity index (χ1) is 29.3. The van der Waals surface area contributed by atoms with Crippen LogP contribution >= 0.6 is 22.7 Å². The predicted octanol–water partition coefficient (Wildman–Crippen LogP) is 15.8. The van der Waals surface area contributed by atoms with Gasteiger partial charge in [-0.05, 0) is 81.5 Å². The molecule has 3 nitrogen and oxygen atoms in total. The summed E-state index contributed by atoms with van der Waals surface area (Å²) in [5.74, 6) is 0. The number of hydrogen-bond acceptors (Lipinski definition) is 2. The highest BCUT2D eigenvalue weighted by molar-refractivity contribution is 7.26. The quantitative estimate of drug-likeness (QED) is 0.107. The van der Waals surface area contributed by atoms with Gasteiger partial charge in [0.2, 0.25) is 0 Å². The summed E-state index contributed by atoms with van der Waals surface area (Å²) < 4.78 is 13.2. The van der Waals surface area contributed by atoms with E-state index in [2.05, 4.69) is 177 Å². The van der Waals surface area contributed by atoms with Gasteiger partial charge >= 0.3 is 0 Å². The molecule has 5 heteroatoms. The molecule has 0 N–H and O–H groups in total. The van der Waals surface area contributed by atoms with Crippen molar-refractivity contribution >= 4 is 161 Å². The minimum atomic E-state index is 1.22. The van der Waals surface area contributed by atoms with Crippen molar-refractivity contribution in [1.82, 2.24) is 13.4 Å². The van der Waals surface area contributed by atoms with Gasteiger partial charge in [0.05, 0.1) is 49.8 Å². The van der Waals surface area contributed by atoms with Crippen molar-refractivity contribution in [3.8, 4) is 5.69 Å². The standard InChI is InChI=1S/C54H27N3S2/c1-4-14-31-28(11-1)21-42-52-49(31)38-24-36-34-17-7-9-19-45(34)58-47(36)26-40(38)55(52)44-23-30-13-3-6-16-33(30)51-54(44)56(42)43-22-29-12-2-5-15-32(29)50-39-25-37-35-18-8-10-20-46(35)59-48(37)27-41(39)57(51)53(43)50/h1-27H. The third kappa shape index (κ3) is 3.43. The van der Waals surface area contributed by atoms with Gasteiger partial charge in [0, 0.05) is 67.3 Å². The second-order valence-electron chi connectivity index (χ2n) is 16.4. The number of aromatic nitrogens is 3. The van der Waals surface area contributed by atoms with E-state index in [-0.39, 0.29) is 0 Å². The van der Waals surface area contributed by atoms with E-state index >= 15 is 0 Å². The smallest absolute Gasteiger partial charge is 0.0954 e. The van der Waals surface area contributed by atoms with Crippen LogP contribution in [0.4, 0.5) is 0 Å². The van der Waals surface area contributed by atoms with E-state index in [1.807, 2.05) is 22.7 Å². The first-order valence-electron chi connectivity index (χ1n) is 20.3. The van der Waals surface area contributed by atoms with Crippen LogP contribution in [0.15, 0.2) is 164 Å². The summed E-state index contributed by atoms with van der Waals surface area (Å²) in [5.41, 5.74) is 11.2. The largest absolute Gasteiger partial charge is 0.305 e. The van der Waals surface area contributed by atoms with Gasteiger partial charge in [0.25, 0.3) is 0 Å². The maximum Gasteiger partial charge on any atom is 0.0954 e. The Kier molecular flexibility index (Phi) is 5.13. The fourth-order valence-corrected chi connectivity index (χ4v) is 13.5. The molecule has 4 aromatic heterocycles. The average molecular weight is 782 g/mol. The molecule has 2 aliphatic rings. The number of rotatable bonds is 0. The molecule has 16 rings (SSSR count). The van der Waals surface area contributed by atoms with Gasteiger partial charge in [0.1, 0.15) is 0 Å². The highest BCUT2D eigenvalue weighted by Gasteiger charge is 2.30. The van der Waals surface area contributed by atoms with Gasteiger partial charge in [0.15, 0.2) is 0 Å². The fourth-order valence-electron chi connectivity index (χ4n) is 11.3. The minimum absolute atomic E-state index is 1.22. The second kappa shape index (κ2) is 10.1. The first kappa shape index (κ1) is 30.0. The molecule has 0 fully saturated rings. The Balaban J connectivity index is 1.27. The van der Waals surface area contributed by atoms with Gasteiger partial charge in [-0.3, -0.25) is 0 Å². The lowest BCUT2D eigenvalue weighted by Crippen LogP contribution is -2.11. The van der Waals surface area contributed by atoms with E-state index in [0.717, 1.165) is 0 Å². The molecular weight excluding hydrogens is 755 g/mol. The van der Waals surface area contributed by atoms with E-state index in [9.17, 15) is 0 Å². The third-order valence-corrected chi connectivity index (χ3v) is 15.9. The number of benzene rings is 10. The van der Waals surface area contributed by atoms with Crippen molar-refractivity contribution in [1.29, 1.82) is 0 Å². The normalized spacial score (nSPS) is 13.1. The van der Waals surface area contributed by atoms with E-state index in [0.29, 0.717) is 0 Å². The first-order valence-corrected chi connectivity index (χ1v) is 21.9. The molecule has 0 aliphatic carbocycles. The SMILES string of the molecule is c1ccc2c(c1)cc1c3c2c2cc4c(cc2n3c2cc3ccccc3c3c2-n1c1cc2ccccc2c2c5cc6c(cc5n3c21)sc1ccccc16)sc1ccccc14. The molecule has 0 amide bonds. The van der Waals surface area contributed by atoms with Crippen LogP contribution in [0, 0.1) is 0 Å². The Labute approximate surface area is 342 Å². The minimum Gasteiger partial charge on any atom is -0.305 e. The molecule has 270 valence electrons. The van der Waals surface area contributed by atoms with Crippen molar-refractivity contribution in [3.63, 3.8) is 0 Å². The molecule has 0 saturated heterocycles. The highest BCUT2D eigenvalue weighted by atomic mass is 32.1. The Morgan fingerprint density at radius 3 is 1.31 bits per heavy atom. The zero-order chi connectivity index (χ0) is 37.8. The third-order valence-electron chi connectivity index (χ3n) is 13.6. The molecule has 14 aromatic rings. The van der Waals surface area contributed by atoms with Crippen molar-refractivity contribution in [3.05, 3.63) is 164 Å². The highest BCUT2D eigenvalue weighted by Crippen LogP contribution is 2.51. The van der Waals surface area contributed by atoms with E-state index in [4.69, 9.17) is 0 Å².